The lowest BCUT2D eigenvalue weighted by molar-refractivity contribution is -0.134. The molecule has 5 amide bonds. The van der Waals surface area contributed by atoms with Gasteiger partial charge in [-0.15, -0.1) is 0 Å². The maximum Gasteiger partial charge on any atom is 0.322 e. The third kappa shape index (κ3) is 3.25. The summed E-state index contributed by atoms with van der Waals surface area (Å²) in [7, 11) is 0. The molecule has 0 spiro atoms. The molecular formula is C12H18N4O4. The fraction of sp³-hybridized carbons (Fsp3) is 0.667. The maximum atomic E-state index is 12.0. The zero-order chi connectivity index (χ0) is 14.7. The van der Waals surface area contributed by atoms with Crippen molar-refractivity contribution in [3.8, 4) is 0 Å². The molecule has 2 rings (SSSR count). The third-order valence-electron chi connectivity index (χ3n) is 3.65. The average Bonchev–Trinajstić information content (AvgIpc) is 2.74. The van der Waals surface area contributed by atoms with Crippen molar-refractivity contribution in [2.45, 2.75) is 25.8 Å². The summed E-state index contributed by atoms with van der Waals surface area (Å²) in [6, 6.07) is -1.24. The van der Waals surface area contributed by atoms with Gasteiger partial charge in [0.25, 0.3) is 5.91 Å². The molecule has 1 unspecified atom stereocenters. The Labute approximate surface area is 116 Å². The van der Waals surface area contributed by atoms with E-state index in [1.807, 2.05) is 0 Å². The Hall–Kier alpha value is -2.12. The van der Waals surface area contributed by atoms with Crippen molar-refractivity contribution in [2.75, 3.05) is 19.6 Å². The number of rotatable bonds is 3. The third-order valence-corrected chi connectivity index (χ3v) is 3.65. The van der Waals surface area contributed by atoms with Gasteiger partial charge in [0.05, 0.1) is 0 Å². The average molecular weight is 282 g/mol. The molecule has 0 radical (unpaired) electrons. The van der Waals surface area contributed by atoms with Crippen LogP contribution in [0, 0.1) is 5.92 Å². The Morgan fingerprint density at radius 2 is 1.95 bits per heavy atom. The van der Waals surface area contributed by atoms with Crippen molar-refractivity contribution in [3.63, 3.8) is 0 Å². The van der Waals surface area contributed by atoms with Gasteiger partial charge in [-0.2, -0.15) is 0 Å². The van der Waals surface area contributed by atoms with E-state index in [9.17, 15) is 19.2 Å². The molecule has 110 valence electrons. The van der Waals surface area contributed by atoms with Crippen LogP contribution in [-0.2, 0) is 14.4 Å². The minimum Gasteiger partial charge on any atom is -0.353 e. The van der Waals surface area contributed by atoms with Crippen molar-refractivity contribution < 1.29 is 19.2 Å². The van der Waals surface area contributed by atoms with Gasteiger partial charge in [0.15, 0.2) is 0 Å². The number of nitrogens with one attached hydrogen (secondary N) is 3. The Balaban J connectivity index is 1.75. The lowest BCUT2D eigenvalue weighted by Gasteiger charge is -2.30. The molecule has 0 aromatic rings. The Morgan fingerprint density at radius 1 is 1.30 bits per heavy atom. The second-order valence-electron chi connectivity index (χ2n) is 5.04. The smallest absolute Gasteiger partial charge is 0.322 e. The van der Waals surface area contributed by atoms with Gasteiger partial charge in [-0.3, -0.25) is 19.7 Å². The normalized spacial score (nSPS) is 23.2. The van der Waals surface area contributed by atoms with E-state index in [0.717, 1.165) is 0 Å². The number of carbonyl (C=O) groups is 4. The monoisotopic (exact) mass is 282 g/mol. The molecule has 2 heterocycles. The molecule has 1 atom stereocenters. The Morgan fingerprint density at radius 3 is 2.45 bits per heavy atom. The van der Waals surface area contributed by atoms with Gasteiger partial charge in [-0.25, -0.2) is 4.79 Å². The van der Waals surface area contributed by atoms with E-state index in [1.54, 1.807) is 4.90 Å². The molecule has 0 bridgehead atoms. The molecule has 2 fully saturated rings. The molecule has 0 aliphatic carbocycles. The summed E-state index contributed by atoms with van der Waals surface area (Å²) in [5, 5.41) is 7.19. The van der Waals surface area contributed by atoms with Crippen LogP contribution in [0.1, 0.15) is 19.8 Å². The first-order chi connectivity index (χ1) is 9.47. The topological polar surface area (TPSA) is 108 Å². The SMILES string of the molecule is CC(=O)N1CCC(C(=O)NCC2NC(=O)NC2=O)CC1. The van der Waals surface area contributed by atoms with Gasteiger partial charge in [0.1, 0.15) is 6.04 Å². The number of hydrogen-bond donors (Lipinski definition) is 3. The molecule has 8 heteroatoms. The van der Waals surface area contributed by atoms with E-state index in [2.05, 4.69) is 16.0 Å². The van der Waals surface area contributed by atoms with E-state index in [4.69, 9.17) is 0 Å². The molecule has 3 N–H and O–H groups in total. The molecule has 0 aromatic heterocycles. The summed E-state index contributed by atoms with van der Waals surface area (Å²) in [6.07, 6.45) is 1.24. The van der Waals surface area contributed by atoms with E-state index in [-0.39, 0.29) is 24.3 Å². The van der Waals surface area contributed by atoms with Gasteiger partial charge in [-0.1, -0.05) is 0 Å². The van der Waals surface area contributed by atoms with E-state index in [1.165, 1.54) is 6.92 Å². The van der Waals surface area contributed by atoms with Gasteiger partial charge in [0, 0.05) is 32.5 Å². The molecule has 0 saturated carbocycles. The number of imide groups is 1. The highest BCUT2D eigenvalue weighted by atomic mass is 16.2. The highest BCUT2D eigenvalue weighted by molar-refractivity contribution is 6.04. The van der Waals surface area contributed by atoms with Crippen molar-refractivity contribution >= 4 is 23.8 Å². The van der Waals surface area contributed by atoms with Crippen LogP contribution in [0.4, 0.5) is 4.79 Å². The molecule has 20 heavy (non-hydrogen) atoms. The molecular weight excluding hydrogens is 264 g/mol. The quantitative estimate of drug-likeness (QED) is 0.551. The molecule has 2 saturated heterocycles. The van der Waals surface area contributed by atoms with Crippen molar-refractivity contribution in [3.05, 3.63) is 0 Å². The van der Waals surface area contributed by atoms with Crippen LogP contribution in [0.25, 0.3) is 0 Å². The minimum atomic E-state index is -0.705. The van der Waals surface area contributed by atoms with Crippen molar-refractivity contribution in [1.29, 1.82) is 0 Å². The maximum absolute atomic E-state index is 12.0. The number of urea groups is 1. The van der Waals surface area contributed by atoms with E-state index < -0.39 is 18.0 Å². The van der Waals surface area contributed by atoms with Crippen LogP contribution in [0.15, 0.2) is 0 Å². The summed E-state index contributed by atoms with van der Waals surface area (Å²) in [5.74, 6) is -0.691. The Kier molecular flexibility index (Phi) is 4.21. The summed E-state index contributed by atoms with van der Waals surface area (Å²) < 4.78 is 0. The number of piperidine rings is 1. The molecule has 2 aliphatic heterocycles. The van der Waals surface area contributed by atoms with Crippen LogP contribution in [0.3, 0.4) is 0 Å². The lowest BCUT2D eigenvalue weighted by atomic mass is 9.96. The summed E-state index contributed by atoms with van der Waals surface area (Å²) in [5.41, 5.74) is 0. The number of hydrogen-bond acceptors (Lipinski definition) is 4. The standard InChI is InChI=1S/C12H18N4O4/c1-7(17)16-4-2-8(3-5-16)10(18)13-6-9-11(19)15-12(20)14-9/h8-9H,2-6H2,1H3,(H,13,18)(H2,14,15,19,20). The minimum absolute atomic E-state index is 0.0224. The second-order valence-corrected chi connectivity index (χ2v) is 5.04. The fourth-order valence-corrected chi connectivity index (χ4v) is 2.41. The molecule has 8 nitrogen and oxygen atoms in total. The zero-order valence-electron chi connectivity index (χ0n) is 11.3. The van der Waals surface area contributed by atoms with Crippen LogP contribution in [-0.4, -0.2) is 54.3 Å². The van der Waals surface area contributed by atoms with Crippen LogP contribution < -0.4 is 16.0 Å². The molecule has 0 aromatic carbocycles. The van der Waals surface area contributed by atoms with Gasteiger partial charge < -0.3 is 15.5 Å². The zero-order valence-corrected chi connectivity index (χ0v) is 11.3. The van der Waals surface area contributed by atoms with Crippen LogP contribution >= 0.6 is 0 Å². The van der Waals surface area contributed by atoms with Crippen molar-refractivity contribution in [2.24, 2.45) is 5.92 Å². The first kappa shape index (κ1) is 14.3. The highest BCUT2D eigenvalue weighted by Crippen LogP contribution is 2.17. The van der Waals surface area contributed by atoms with Crippen LogP contribution in [0.5, 0.6) is 0 Å². The fourth-order valence-electron chi connectivity index (χ4n) is 2.41. The van der Waals surface area contributed by atoms with Gasteiger partial charge >= 0.3 is 6.03 Å². The Bertz CT molecular complexity index is 443. The second kappa shape index (κ2) is 5.89. The predicted octanol–water partition coefficient (Wildman–Crippen LogP) is -1.43. The number of carbonyl (C=O) groups excluding carboxylic acids is 4. The number of likely N-dealkylation sites (tertiary alicyclic amines) is 1. The molecule has 2 aliphatic rings. The summed E-state index contributed by atoms with van der Waals surface area (Å²) in [4.78, 5) is 47.1. The summed E-state index contributed by atoms with van der Waals surface area (Å²) >= 11 is 0. The first-order valence-electron chi connectivity index (χ1n) is 6.62. The predicted molar refractivity (Wildman–Crippen MR) is 68.5 cm³/mol. The van der Waals surface area contributed by atoms with Crippen LogP contribution in [0.2, 0.25) is 0 Å². The van der Waals surface area contributed by atoms with E-state index in [0.29, 0.717) is 25.9 Å². The van der Waals surface area contributed by atoms with Gasteiger partial charge in [0.2, 0.25) is 11.8 Å². The van der Waals surface area contributed by atoms with Crippen molar-refractivity contribution in [1.82, 2.24) is 20.9 Å². The van der Waals surface area contributed by atoms with Gasteiger partial charge in [-0.05, 0) is 12.8 Å². The van der Waals surface area contributed by atoms with E-state index >= 15 is 0 Å². The first-order valence-corrected chi connectivity index (χ1v) is 6.62. The lowest BCUT2D eigenvalue weighted by Crippen LogP contribution is -2.46. The highest BCUT2D eigenvalue weighted by Gasteiger charge is 2.31. The largest absolute Gasteiger partial charge is 0.353 e. The number of amides is 5. The summed E-state index contributed by atoms with van der Waals surface area (Å²) in [6.45, 7) is 2.76. The number of nitrogens with zero attached hydrogens (tertiary/aromatic N) is 1.